The lowest BCUT2D eigenvalue weighted by Crippen LogP contribution is -2.25. The molecule has 1 N–H and O–H groups in total. The fraction of sp³-hybridized carbons (Fsp3) is 0.323. The van der Waals surface area contributed by atoms with E-state index in [4.69, 9.17) is 39.5 Å². The molecule has 1 amide bonds. The Balaban J connectivity index is 1.52. The van der Waals surface area contributed by atoms with Crippen molar-refractivity contribution >= 4 is 58.1 Å². The summed E-state index contributed by atoms with van der Waals surface area (Å²) in [7, 11) is 0. The summed E-state index contributed by atoms with van der Waals surface area (Å²) in [6.45, 7) is 4.78. The van der Waals surface area contributed by atoms with E-state index < -0.39 is 87.0 Å². The molecule has 0 bridgehead atoms. The first-order valence-corrected chi connectivity index (χ1v) is 14.4. The van der Waals surface area contributed by atoms with Crippen LogP contribution >= 0.6 is 34.8 Å². The molecule has 1 aliphatic rings. The zero-order valence-corrected chi connectivity index (χ0v) is 26.0. The number of anilines is 1. The molecule has 0 aliphatic heterocycles. The average Bonchev–Trinajstić information content (AvgIpc) is 3.49. The van der Waals surface area contributed by atoms with Gasteiger partial charge >= 0.3 is 12.1 Å². The van der Waals surface area contributed by atoms with Crippen LogP contribution in [0.3, 0.4) is 0 Å². The number of ether oxygens (including phenoxy) is 1. The number of nitrogens with one attached hydrogen (secondary N) is 1. The summed E-state index contributed by atoms with van der Waals surface area (Å²) in [5.74, 6) is -8.19. The Labute approximate surface area is 268 Å². The molecule has 0 radical (unpaired) electrons. The van der Waals surface area contributed by atoms with Crippen molar-refractivity contribution in [2.45, 2.75) is 55.6 Å². The number of hydrogen-bond donors (Lipinski definition) is 1. The Bertz CT molecular complexity index is 1690. The van der Waals surface area contributed by atoms with Gasteiger partial charge in [-0.15, -0.1) is 23.2 Å². The molecule has 0 saturated heterocycles. The van der Waals surface area contributed by atoms with Crippen molar-refractivity contribution in [3.05, 3.63) is 98.8 Å². The first-order valence-electron chi connectivity index (χ1n) is 13.3. The first-order chi connectivity index (χ1) is 20.7. The van der Waals surface area contributed by atoms with E-state index in [1.54, 1.807) is 20.8 Å². The number of benzene rings is 3. The molecule has 2 unspecified atom stereocenters. The zero-order valence-electron chi connectivity index (χ0n) is 23.7. The topological polar surface area (TPSA) is 72.5 Å². The lowest BCUT2D eigenvalue weighted by atomic mass is 9.98. The van der Waals surface area contributed by atoms with E-state index in [-0.39, 0.29) is 27.4 Å². The number of amides is 1. The molecule has 4 rings (SSSR count). The lowest BCUT2D eigenvalue weighted by molar-refractivity contribution is -0.154. The second-order valence-electron chi connectivity index (χ2n) is 11.4. The summed E-state index contributed by atoms with van der Waals surface area (Å²) in [6.07, 6.45) is -6.16. The van der Waals surface area contributed by atoms with Gasteiger partial charge in [0.1, 0.15) is 27.4 Å². The van der Waals surface area contributed by atoms with Crippen LogP contribution in [0.1, 0.15) is 59.3 Å². The van der Waals surface area contributed by atoms with Gasteiger partial charge in [0, 0.05) is 29.2 Å². The number of carbonyl (C=O) groups is 3. The predicted molar refractivity (Wildman–Crippen MR) is 156 cm³/mol. The van der Waals surface area contributed by atoms with E-state index in [2.05, 4.69) is 5.32 Å². The van der Waals surface area contributed by atoms with Crippen molar-refractivity contribution < 1.29 is 45.5 Å². The molecule has 1 aliphatic carbocycles. The highest BCUT2D eigenvalue weighted by Gasteiger charge is 2.67. The molecule has 14 heteroatoms. The SMILES string of the molecule is CC(C)(C)OC(=O)Cc1c(F)ccc(CC(=O)c2cc(NC(=O)C3C(c4cc(F)cc(C(F)(F)F)c4)C3(Cl)Cl)ccc2Cl)c1F. The van der Waals surface area contributed by atoms with Gasteiger partial charge in [-0.1, -0.05) is 17.7 Å². The zero-order chi connectivity index (χ0) is 33.6. The van der Waals surface area contributed by atoms with Crippen molar-refractivity contribution in [2.24, 2.45) is 5.92 Å². The van der Waals surface area contributed by atoms with Crippen LogP contribution in [-0.2, 0) is 33.3 Å². The van der Waals surface area contributed by atoms with E-state index >= 15 is 4.39 Å². The number of Topliss-reactive ketones (excluding diaryl/α,β-unsaturated/α-hetero) is 1. The fourth-order valence-corrected chi connectivity index (χ4v) is 5.85. The third kappa shape index (κ3) is 7.93. The van der Waals surface area contributed by atoms with Crippen LogP contribution in [0, 0.1) is 23.4 Å². The van der Waals surface area contributed by atoms with Gasteiger partial charge in [-0.3, -0.25) is 14.4 Å². The molecule has 240 valence electrons. The molecule has 5 nitrogen and oxygen atoms in total. The van der Waals surface area contributed by atoms with Crippen LogP contribution in [-0.4, -0.2) is 27.6 Å². The quantitative estimate of drug-likeness (QED) is 0.111. The van der Waals surface area contributed by atoms with Crippen LogP contribution < -0.4 is 5.32 Å². The standard InChI is InChI=1S/C31H24Cl3F6NO4/c1-29(2,3)45-24(43)13-20-22(36)7-4-14(27(20)37)10-23(42)19-12-18(5-6-21(19)32)41-28(44)26-25(30(26,33)34)15-8-16(31(38,39)40)11-17(35)9-15/h4-9,11-12,25-26H,10,13H2,1-3H3,(H,41,44). The van der Waals surface area contributed by atoms with E-state index in [1.807, 2.05) is 0 Å². The summed E-state index contributed by atoms with van der Waals surface area (Å²) < 4.78 is 86.4. The third-order valence-electron chi connectivity index (χ3n) is 6.84. The Morgan fingerprint density at radius 2 is 1.60 bits per heavy atom. The number of carbonyl (C=O) groups excluding carboxylic acids is 3. The van der Waals surface area contributed by atoms with Crippen LogP contribution in [0.25, 0.3) is 0 Å². The number of hydrogen-bond acceptors (Lipinski definition) is 4. The minimum Gasteiger partial charge on any atom is -0.460 e. The van der Waals surface area contributed by atoms with Gasteiger partial charge in [0.05, 0.1) is 22.9 Å². The number of rotatable bonds is 8. The highest BCUT2D eigenvalue weighted by molar-refractivity contribution is 6.53. The van der Waals surface area contributed by atoms with Crippen molar-refractivity contribution in [3.63, 3.8) is 0 Å². The molecular formula is C31H24Cl3F6NO4. The van der Waals surface area contributed by atoms with Gasteiger partial charge in [-0.05, 0) is 74.4 Å². The predicted octanol–water partition coefficient (Wildman–Crippen LogP) is 8.61. The highest BCUT2D eigenvalue weighted by atomic mass is 35.5. The molecule has 0 spiro atoms. The Morgan fingerprint density at radius 3 is 2.22 bits per heavy atom. The molecule has 1 saturated carbocycles. The molecular weight excluding hydrogens is 671 g/mol. The Hall–Kier alpha value is -3.28. The Morgan fingerprint density at radius 1 is 0.933 bits per heavy atom. The molecule has 1 fully saturated rings. The van der Waals surface area contributed by atoms with Gasteiger partial charge in [0.25, 0.3) is 0 Å². The number of alkyl halides is 5. The van der Waals surface area contributed by atoms with E-state index in [9.17, 15) is 36.3 Å². The third-order valence-corrected chi connectivity index (χ3v) is 8.10. The second kappa shape index (κ2) is 12.5. The number of ketones is 1. The molecule has 0 heterocycles. The maximum Gasteiger partial charge on any atom is 0.416 e. The highest BCUT2D eigenvalue weighted by Crippen LogP contribution is 2.65. The first kappa shape index (κ1) is 34.6. The van der Waals surface area contributed by atoms with Gasteiger partial charge in [0.15, 0.2) is 5.78 Å². The van der Waals surface area contributed by atoms with Crippen LogP contribution in [0.4, 0.5) is 32.0 Å². The largest absolute Gasteiger partial charge is 0.460 e. The molecule has 0 aromatic heterocycles. The normalized spacial score (nSPS) is 17.5. The number of halogens is 9. The maximum atomic E-state index is 15.2. The van der Waals surface area contributed by atoms with Crippen molar-refractivity contribution in [3.8, 4) is 0 Å². The van der Waals surface area contributed by atoms with Crippen LogP contribution in [0.2, 0.25) is 5.02 Å². The van der Waals surface area contributed by atoms with Gasteiger partial charge in [0.2, 0.25) is 5.91 Å². The second-order valence-corrected chi connectivity index (χ2v) is 13.3. The summed E-state index contributed by atoms with van der Waals surface area (Å²) in [4.78, 5) is 38.4. The minimum absolute atomic E-state index is 0.0166. The summed E-state index contributed by atoms with van der Waals surface area (Å²) in [5.41, 5.74) is -3.33. The number of esters is 1. The minimum atomic E-state index is -4.85. The average molecular weight is 695 g/mol. The van der Waals surface area contributed by atoms with E-state index in [0.717, 1.165) is 18.2 Å². The van der Waals surface area contributed by atoms with E-state index in [1.165, 1.54) is 18.2 Å². The van der Waals surface area contributed by atoms with Crippen molar-refractivity contribution in [1.82, 2.24) is 0 Å². The lowest BCUT2D eigenvalue weighted by Gasteiger charge is -2.20. The van der Waals surface area contributed by atoms with Gasteiger partial charge in [-0.25, -0.2) is 13.2 Å². The molecule has 45 heavy (non-hydrogen) atoms. The van der Waals surface area contributed by atoms with Gasteiger partial charge in [-0.2, -0.15) is 13.2 Å². The summed E-state index contributed by atoms with van der Waals surface area (Å²) in [6, 6.07) is 7.49. The fourth-order valence-electron chi connectivity index (χ4n) is 4.79. The molecule has 3 aromatic rings. The molecule has 2 atom stereocenters. The maximum absolute atomic E-state index is 15.2. The van der Waals surface area contributed by atoms with Gasteiger partial charge < -0.3 is 10.1 Å². The van der Waals surface area contributed by atoms with Crippen molar-refractivity contribution in [2.75, 3.05) is 5.32 Å². The smallest absolute Gasteiger partial charge is 0.416 e. The van der Waals surface area contributed by atoms with E-state index in [0.29, 0.717) is 12.1 Å². The van der Waals surface area contributed by atoms with Crippen molar-refractivity contribution in [1.29, 1.82) is 0 Å². The summed E-state index contributed by atoms with van der Waals surface area (Å²) >= 11 is 18.6. The van der Waals surface area contributed by atoms with Crippen LogP contribution in [0.5, 0.6) is 0 Å². The van der Waals surface area contributed by atoms with Crippen LogP contribution in [0.15, 0.2) is 48.5 Å². The molecule has 3 aromatic carbocycles. The Kier molecular flexibility index (Phi) is 9.60. The summed E-state index contributed by atoms with van der Waals surface area (Å²) in [5, 5.41) is 2.40. The monoisotopic (exact) mass is 693 g/mol.